The lowest BCUT2D eigenvalue weighted by atomic mass is 9.90. The lowest BCUT2D eigenvalue weighted by Gasteiger charge is -2.34. The lowest BCUT2D eigenvalue weighted by Crippen LogP contribution is -2.41. The van der Waals surface area contributed by atoms with Crippen molar-refractivity contribution in [2.45, 2.75) is 26.3 Å². The van der Waals surface area contributed by atoms with Crippen LogP contribution in [0.5, 0.6) is 5.75 Å². The van der Waals surface area contributed by atoms with Crippen LogP contribution in [0.25, 0.3) is 0 Å². The molecule has 0 spiro atoms. The SMILES string of the molecule is CC1CC(C(=O)O)CN(Cc2ccc(OC(F)(F)F)cc2)C1. The van der Waals surface area contributed by atoms with Crippen molar-refractivity contribution in [2.75, 3.05) is 13.1 Å². The second-order valence-corrected chi connectivity index (χ2v) is 5.76. The van der Waals surface area contributed by atoms with Crippen molar-refractivity contribution in [2.24, 2.45) is 11.8 Å². The summed E-state index contributed by atoms with van der Waals surface area (Å²) in [4.78, 5) is 13.1. The van der Waals surface area contributed by atoms with Gasteiger partial charge in [0.15, 0.2) is 0 Å². The molecule has 4 nitrogen and oxygen atoms in total. The minimum absolute atomic E-state index is 0.258. The van der Waals surface area contributed by atoms with Gasteiger partial charge in [-0.15, -0.1) is 13.2 Å². The maximum absolute atomic E-state index is 12.1. The molecule has 1 aromatic rings. The van der Waals surface area contributed by atoms with E-state index in [1.807, 2.05) is 11.8 Å². The van der Waals surface area contributed by atoms with Gasteiger partial charge in [-0.2, -0.15) is 0 Å². The van der Waals surface area contributed by atoms with Gasteiger partial charge < -0.3 is 9.84 Å². The Morgan fingerprint density at radius 1 is 1.32 bits per heavy atom. The minimum Gasteiger partial charge on any atom is -0.481 e. The summed E-state index contributed by atoms with van der Waals surface area (Å²) in [6.45, 7) is 3.76. The number of aliphatic carboxylic acids is 1. The third-order valence-electron chi connectivity index (χ3n) is 3.65. The van der Waals surface area contributed by atoms with Crippen LogP contribution in [0.3, 0.4) is 0 Å². The van der Waals surface area contributed by atoms with E-state index < -0.39 is 18.2 Å². The Kier molecular flexibility index (Phi) is 4.95. The van der Waals surface area contributed by atoms with Crippen LogP contribution in [0.4, 0.5) is 13.2 Å². The van der Waals surface area contributed by atoms with E-state index in [1.54, 1.807) is 12.1 Å². The first-order chi connectivity index (χ1) is 10.2. The number of benzene rings is 1. The van der Waals surface area contributed by atoms with Crippen LogP contribution in [0.15, 0.2) is 24.3 Å². The second-order valence-electron chi connectivity index (χ2n) is 5.76. The number of hydrogen-bond acceptors (Lipinski definition) is 3. The Morgan fingerprint density at radius 2 is 1.95 bits per heavy atom. The fourth-order valence-electron chi connectivity index (χ4n) is 2.82. The van der Waals surface area contributed by atoms with Crippen LogP contribution in [-0.4, -0.2) is 35.4 Å². The molecule has 22 heavy (non-hydrogen) atoms. The fourth-order valence-corrected chi connectivity index (χ4v) is 2.82. The lowest BCUT2D eigenvalue weighted by molar-refractivity contribution is -0.274. The molecule has 122 valence electrons. The van der Waals surface area contributed by atoms with Crippen molar-refractivity contribution in [3.63, 3.8) is 0 Å². The van der Waals surface area contributed by atoms with Gasteiger partial charge in [-0.05, 0) is 30.0 Å². The summed E-state index contributed by atoms with van der Waals surface area (Å²) in [5.41, 5.74) is 0.827. The van der Waals surface area contributed by atoms with Crippen molar-refractivity contribution < 1.29 is 27.8 Å². The standard InChI is InChI=1S/C15H18F3NO3/c1-10-6-12(14(20)21)9-19(7-10)8-11-2-4-13(5-3-11)22-15(16,17)18/h2-5,10,12H,6-9H2,1H3,(H,20,21). The summed E-state index contributed by atoms with van der Waals surface area (Å²) >= 11 is 0. The monoisotopic (exact) mass is 317 g/mol. The number of carboxylic acid groups (broad SMARTS) is 1. The number of rotatable bonds is 4. The van der Waals surface area contributed by atoms with Crippen molar-refractivity contribution in [3.8, 4) is 5.75 Å². The number of likely N-dealkylation sites (tertiary alicyclic amines) is 1. The first kappa shape index (κ1) is 16.6. The topological polar surface area (TPSA) is 49.8 Å². The Balaban J connectivity index is 1.97. The molecule has 0 aromatic heterocycles. The highest BCUT2D eigenvalue weighted by molar-refractivity contribution is 5.70. The molecule has 0 amide bonds. The van der Waals surface area contributed by atoms with Gasteiger partial charge >= 0.3 is 12.3 Å². The van der Waals surface area contributed by atoms with Gasteiger partial charge in [0.2, 0.25) is 0 Å². The van der Waals surface area contributed by atoms with Crippen LogP contribution in [0.2, 0.25) is 0 Å². The predicted octanol–water partition coefficient (Wildman–Crippen LogP) is 3.13. The molecule has 1 fully saturated rings. The number of piperidine rings is 1. The quantitative estimate of drug-likeness (QED) is 0.927. The van der Waals surface area contributed by atoms with Gasteiger partial charge in [-0.1, -0.05) is 19.1 Å². The summed E-state index contributed by atoms with van der Waals surface area (Å²) < 4.78 is 40.1. The van der Waals surface area contributed by atoms with E-state index in [9.17, 15) is 18.0 Å². The molecular formula is C15H18F3NO3. The van der Waals surface area contributed by atoms with E-state index in [2.05, 4.69) is 4.74 Å². The van der Waals surface area contributed by atoms with Crippen LogP contribution < -0.4 is 4.74 Å². The molecule has 7 heteroatoms. The molecular weight excluding hydrogens is 299 g/mol. The van der Waals surface area contributed by atoms with Crippen LogP contribution in [0.1, 0.15) is 18.9 Å². The average molecular weight is 317 g/mol. The maximum Gasteiger partial charge on any atom is 0.573 e. The molecule has 1 aliphatic heterocycles. The number of carboxylic acids is 1. The summed E-state index contributed by atoms with van der Waals surface area (Å²) in [6, 6.07) is 5.67. The van der Waals surface area contributed by atoms with Crippen molar-refractivity contribution in [3.05, 3.63) is 29.8 Å². The molecule has 0 aliphatic carbocycles. The van der Waals surface area contributed by atoms with Gasteiger partial charge in [0.05, 0.1) is 5.92 Å². The number of halogens is 3. The Bertz CT molecular complexity index is 516. The van der Waals surface area contributed by atoms with E-state index in [0.29, 0.717) is 19.5 Å². The molecule has 1 heterocycles. The van der Waals surface area contributed by atoms with Crippen LogP contribution >= 0.6 is 0 Å². The van der Waals surface area contributed by atoms with E-state index in [1.165, 1.54) is 12.1 Å². The van der Waals surface area contributed by atoms with Gasteiger partial charge in [-0.3, -0.25) is 9.69 Å². The molecule has 0 radical (unpaired) electrons. The smallest absolute Gasteiger partial charge is 0.481 e. The normalized spacial score (nSPS) is 23.3. The van der Waals surface area contributed by atoms with Gasteiger partial charge in [-0.25, -0.2) is 0 Å². The van der Waals surface area contributed by atoms with E-state index in [-0.39, 0.29) is 11.7 Å². The predicted molar refractivity (Wildman–Crippen MR) is 73.3 cm³/mol. The summed E-state index contributed by atoms with van der Waals surface area (Å²) in [7, 11) is 0. The number of carbonyl (C=O) groups is 1. The van der Waals surface area contributed by atoms with Gasteiger partial charge in [0.25, 0.3) is 0 Å². The minimum atomic E-state index is -4.70. The molecule has 1 aromatic carbocycles. The second kappa shape index (κ2) is 6.56. The Labute approximate surface area is 126 Å². The maximum atomic E-state index is 12.1. The van der Waals surface area contributed by atoms with Crippen LogP contribution in [0, 0.1) is 11.8 Å². The number of alkyl halides is 3. The number of ether oxygens (including phenoxy) is 1. The van der Waals surface area contributed by atoms with E-state index >= 15 is 0 Å². The third-order valence-corrected chi connectivity index (χ3v) is 3.65. The van der Waals surface area contributed by atoms with Crippen molar-refractivity contribution in [1.82, 2.24) is 4.90 Å². The molecule has 2 rings (SSSR count). The van der Waals surface area contributed by atoms with Crippen LogP contribution in [-0.2, 0) is 11.3 Å². The van der Waals surface area contributed by atoms with E-state index in [0.717, 1.165) is 12.1 Å². The largest absolute Gasteiger partial charge is 0.573 e. The molecule has 2 unspecified atom stereocenters. The fraction of sp³-hybridized carbons (Fsp3) is 0.533. The summed E-state index contributed by atoms with van der Waals surface area (Å²) in [5, 5.41) is 9.13. The molecule has 1 N–H and O–H groups in total. The molecule has 1 aliphatic rings. The highest BCUT2D eigenvalue weighted by Gasteiger charge is 2.31. The summed E-state index contributed by atoms with van der Waals surface area (Å²) in [6.07, 6.45) is -4.04. The Hall–Kier alpha value is -1.76. The third kappa shape index (κ3) is 4.91. The van der Waals surface area contributed by atoms with Crippen molar-refractivity contribution >= 4 is 5.97 Å². The molecule has 0 bridgehead atoms. The molecule has 0 saturated carbocycles. The number of nitrogens with zero attached hydrogens (tertiary/aromatic N) is 1. The van der Waals surface area contributed by atoms with Gasteiger partial charge in [0, 0.05) is 19.6 Å². The first-order valence-corrected chi connectivity index (χ1v) is 7.03. The highest BCUT2D eigenvalue weighted by atomic mass is 19.4. The zero-order chi connectivity index (χ0) is 16.3. The molecule has 1 saturated heterocycles. The number of hydrogen-bond donors (Lipinski definition) is 1. The van der Waals surface area contributed by atoms with Gasteiger partial charge in [0.1, 0.15) is 5.75 Å². The Morgan fingerprint density at radius 3 is 2.50 bits per heavy atom. The van der Waals surface area contributed by atoms with Crippen molar-refractivity contribution in [1.29, 1.82) is 0 Å². The first-order valence-electron chi connectivity index (χ1n) is 7.03. The molecule has 2 atom stereocenters. The van der Waals surface area contributed by atoms with E-state index in [4.69, 9.17) is 5.11 Å². The zero-order valence-electron chi connectivity index (χ0n) is 12.1. The summed E-state index contributed by atoms with van der Waals surface area (Å²) in [5.74, 6) is -1.17. The zero-order valence-corrected chi connectivity index (χ0v) is 12.1. The highest BCUT2D eigenvalue weighted by Crippen LogP contribution is 2.25. The average Bonchev–Trinajstić information content (AvgIpc) is 2.38.